The van der Waals surface area contributed by atoms with E-state index in [9.17, 15) is 19.5 Å². The Morgan fingerprint density at radius 1 is 0.912 bits per heavy atom. The van der Waals surface area contributed by atoms with Crippen molar-refractivity contribution in [2.75, 3.05) is 13.2 Å². The number of carboxylic acids is 1. The number of aliphatic carboxylic acids is 1. The van der Waals surface area contributed by atoms with Crippen LogP contribution in [0.4, 0.5) is 4.79 Å². The first-order valence-corrected chi connectivity index (χ1v) is 12.2. The molecule has 0 spiro atoms. The average Bonchev–Trinajstić information content (AvgIpc) is 3.44. The number of hydrogen-bond donors (Lipinski definition) is 2. The molecule has 7 heteroatoms. The lowest BCUT2D eigenvalue weighted by atomic mass is 9.96. The van der Waals surface area contributed by atoms with Gasteiger partial charge in [0.15, 0.2) is 0 Å². The van der Waals surface area contributed by atoms with Gasteiger partial charge in [0.25, 0.3) is 0 Å². The SMILES string of the molecule is O=C(NC1CCCC1C(=O)N1CCCC[C@@H]1C(=O)O)OCC1c2ccccc2-c2ccccc21. The van der Waals surface area contributed by atoms with Crippen molar-refractivity contribution in [2.24, 2.45) is 5.92 Å². The standard InChI is InChI=1S/C27H30N2O5/c30-25(29-15-6-5-14-24(29)26(31)32)21-12-7-13-23(21)28-27(33)34-16-22-19-10-3-1-8-17(19)18-9-2-4-11-20(18)22/h1-4,8-11,21-24H,5-7,12-16H2,(H,28,33)(H,31,32)/t21?,23?,24-/m1/s1. The minimum Gasteiger partial charge on any atom is -0.480 e. The van der Waals surface area contributed by atoms with Crippen molar-refractivity contribution in [3.8, 4) is 11.1 Å². The van der Waals surface area contributed by atoms with Crippen LogP contribution in [0.3, 0.4) is 0 Å². The number of benzene rings is 2. The van der Waals surface area contributed by atoms with Crippen molar-refractivity contribution in [1.29, 1.82) is 0 Å². The van der Waals surface area contributed by atoms with Crippen molar-refractivity contribution in [3.05, 3.63) is 59.7 Å². The summed E-state index contributed by atoms with van der Waals surface area (Å²) >= 11 is 0. The lowest BCUT2D eigenvalue weighted by Gasteiger charge is -2.36. The van der Waals surface area contributed by atoms with E-state index in [4.69, 9.17) is 4.74 Å². The molecule has 3 atom stereocenters. The molecule has 0 bridgehead atoms. The minimum absolute atomic E-state index is 0.0242. The molecule has 2 amide bonds. The first kappa shape index (κ1) is 22.4. The van der Waals surface area contributed by atoms with Gasteiger partial charge in [-0.2, -0.15) is 0 Å². The van der Waals surface area contributed by atoms with Crippen LogP contribution in [0.5, 0.6) is 0 Å². The monoisotopic (exact) mass is 462 g/mol. The largest absolute Gasteiger partial charge is 0.480 e. The van der Waals surface area contributed by atoms with Gasteiger partial charge >= 0.3 is 12.1 Å². The van der Waals surface area contributed by atoms with Crippen molar-refractivity contribution in [1.82, 2.24) is 10.2 Å². The van der Waals surface area contributed by atoms with E-state index in [1.807, 2.05) is 24.3 Å². The number of nitrogens with zero attached hydrogens (tertiary/aromatic N) is 1. The molecule has 5 rings (SSSR count). The van der Waals surface area contributed by atoms with Crippen LogP contribution in [0.1, 0.15) is 55.6 Å². The van der Waals surface area contributed by atoms with E-state index in [2.05, 4.69) is 29.6 Å². The topological polar surface area (TPSA) is 95.9 Å². The smallest absolute Gasteiger partial charge is 0.407 e. The van der Waals surface area contributed by atoms with E-state index in [0.29, 0.717) is 25.8 Å². The molecule has 1 heterocycles. The Bertz CT molecular complexity index is 1050. The van der Waals surface area contributed by atoms with Crippen LogP contribution in [0, 0.1) is 5.92 Å². The Morgan fingerprint density at radius 3 is 2.26 bits per heavy atom. The summed E-state index contributed by atoms with van der Waals surface area (Å²) in [4.78, 5) is 39.1. The first-order valence-electron chi connectivity index (χ1n) is 12.2. The Balaban J connectivity index is 1.23. The summed E-state index contributed by atoms with van der Waals surface area (Å²) in [5.74, 6) is -1.54. The quantitative estimate of drug-likeness (QED) is 0.696. The van der Waals surface area contributed by atoms with E-state index in [0.717, 1.165) is 30.4 Å². The predicted molar refractivity (Wildman–Crippen MR) is 126 cm³/mol. The molecule has 0 aromatic heterocycles. The molecular formula is C27H30N2O5. The molecule has 34 heavy (non-hydrogen) atoms. The van der Waals surface area contributed by atoms with Gasteiger partial charge in [-0.15, -0.1) is 0 Å². The molecule has 0 radical (unpaired) electrons. The summed E-state index contributed by atoms with van der Waals surface area (Å²) in [5.41, 5.74) is 4.64. The summed E-state index contributed by atoms with van der Waals surface area (Å²) in [7, 11) is 0. The summed E-state index contributed by atoms with van der Waals surface area (Å²) < 4.78 is 5.67. The number of nitrogens with one attached hydrogen (secondary N) is 1. The molecule has 1 saturated heterocycles. The number of carboxylic acid groups (broad SMARTS) is 1. The highest BCUT2D eigenvalue weighted by molar-refractivity contribution is 5.86. The van der Waals surface area contributed by atoms with Crippen LogP contribution < -0.4 is 5.32 Å². The normalized spacial score (nSPS) is 23.8. The second kappa shape index (κ2) is 9.49. The van der Waals surface area contributed by atoms with Gasteiger partial charge in [0.2, 0.25) is 5.91 Å². The summed E-state index contributed by atoms with van der Waals surface area (Å²) in [5, 5.41) is 12.5. The highest BCUT2D eigenvalue weighted by Gasteiger charge is 2.41. The first-order chi connectivity index (χ1) is 16.5. The zero-order valence-electron chi connectivity index (χ0n) is 19.1. The number of hydrogen-bond acceptors (Lipinski definition) is 4. The molecule has 2 aromatic carbocycles. The van der Waals surface area contributed by atoms with Crippen LogP contribution in [-0.4, -0.2) is 53.2 Å². The Morgan fingerprint density at radius 2 is 1.59 bits per heavy atom. The van der Waals surface area contributed by atoms with E-state index >= 15 is 0 Å². The fraction of sp³-hybridized carbons (Fsp3) is 0.444. The van der Waals surface area contributed by atoms with Crippen LogP contribution in [0.25, 0.3) is 11.1 Å². The number of alkyl carbamates (subject to hydrolysis) is 1. The third kappa shape index (κ3) is 4.15. The lowest BCUT2D eigenvalue weighted by Crippen LogP contribution is -2.53. The molecule has 178 valence electrons. The second-order valence-electron chi connectivity index (χ2n) is 9.50. The molecule has 7 nitrogen and oxygen atoms in total. The highest BCUT2D eigenvalue weighted by Crippen LogP contribution is 2.44. The van der Waals surface area contributed by atoms with E-state index in [1.165, 1.54) is 16.0 Å². The number of fused-ring (bicyclic) bond motifs is 3. The predicted octanol–water partition coefficient (Wildman–Crippen LogP) is 4.16. The lowest BCUT2D eigenvalue weighted by molar-refractivity contribution is -0.154. The number of rotatable bonds is 5. The van der Waals surface area contributed by atoms with Crippen molar-refractivity contribution >= 4 is 18.0 Å². The van der Waals surface area contributed by atoms with Crippen LogP contribution in [-0.2, 0) is 14.3 Å². The Kier molecular flexibility index (Phi) is 6.26. The van der Waals surface area contributed by atoms with Gasteiger partial charge in [-0.05, 0) is 54.4 Å². The Hall–Kier alpha value is -3.35. The second-order valence-corrected chi connectivity index (χ2v) is 9.50. The van der Waals surface area contributed by atoms with Gasteiger partial charge in [0.05, 0.1) is 5.92 Å². The maximum atomic E-state index is 13.2. The van der Waals surface area contributed by atoms with Gasteiger partial charge in [0, 0.05) is 18.5 Å². The van der Waals surface area contributed by atoms with E-state index in [-0.39, 0.29) is 24.5 Å². The summed E-state index contributed by atoms with van der Waals surface area (Å²) in [6.07, 6.45) is 3.73. The minimum atomic E-state index is -0.952. The maximum Gasteiger partial charge on any atom is 0.407 e. The van der Waals surface area contributed by atoms with E-state index < -0.39 is 24.0 Å². The van der Waals surface area contributed by atoms with E-state index in [1.54, 1.807) is 0 Å². The zero-order valence-corrected chi connectivity index (χ0v) is 19.1. The van der Waals surface area contributed by atoms with Gasteiger partial charge in [-0.3, -0.25) is 4.79 Å². The molecule has 2 N–H and O–H groups in total. The van der Waals surface area contributed by atoms with Crippen molar-refractivity contribution < 1.29 is 24.2 Å². The summed E-state index contributed by atoms with van der Waals surface area (Å²) in [6.45, 7) is 0.683. The van der Waals surface area contributed by atoms with Crippen LogP contribution in [0.2, 0.25) is 0 Å². The van der Waals surface area contributed by atoms with Gasteiger partial charge in [-0.1, -0.05) is 55.0 Å². The summed E-state index contributed by atoms with van der Waals surface area (Å²) in [6, 6.07) is 15.3. The van der Waals surface area contributed by atoms with Crippen molar-refractivity contribution in [2.45, 2.75) is 56.5 Å². The number of amides is 2. The maximum absolute atomic E-state index is 13.2. The third-order valence-corrected chi connectivity index (χ3v) is 7.55. The average molecular weight is 463 g/mol. The van der Waals surface area contributed by atoms with Crippen LogP contribution in [0.15, 0.2) is 48.5 Å². The van der Waals surface area contributed by atoms with Gasteiger partial charge in [0.1, 0.15) is 12.6 Å². The fourth-order valence-electron chi connectivity index (χ4n) is 5.88. The molecule has 3 aliphatic rings. The number of likely N-dealkylation sites (tertiary alicyclic amines) is 1. The number of carbonyl (C=O) groups excluding carboxylic acids is 2. The number of ether oxygens (including phenoxy) is 1. The highest BCUT2D eigenvalue weighted by atomic mass is 16.5. The van der Waals surface area contributed by atoms with Gasteiger partial charge in [-0.25, -0.2) is 9.59 Å². The van der Waals surface area contributed by atoms with Gasteiger partial charge < -0.3 is 20.1 Å². The molecular weight excluding hydrogens is 432 g/mol. The van der Waals surface area contributed by atoms with Crippen molar-refractivity contribution in [3.63, 3.8) is 0 Å². The molecule has 2 aromatic rings. The van der Waals surface area contributed by atoms with Crippen LogP contribution >= 0.6 is 0 Å². The molecule has 2 fully saturated rings. The number of carbonyl (C=O) groups is 3. The Labute approximate surface area is 199 Å². The number of piperidine rings is 1. The molecule has 1 saturated carbocycles. The fourth-order valence-corrected chi connectivity index (χ4v) is 5.88. The zero-order chi connectivity index (χ0) is 23.7. The third-order valence-electron chi connectivity index (χ3n) is 7.55. The molecule has 1 aliphatic heterocycles. The molecule has 2 aliphatic carbocycles. The molecule has 2 unspecified atom stereocenters.